The molecule has 2 aromatic rings. The van der Waals surface area contributed by atoms with Gasteiger partial charge in [0.2, 0.25) is 0 Å². The van der Waals surface area contributed by atoms with Gasteiger partial charge in [-0.3, -0.25) is 9.69 Å². The number of carbonyl (C=O) groups is 2. The number of hydrogen-bond acceptors (Lipinski definition) is 4. The summed E-state index contributed by atoms with van der Waals surface area (Å²) in [7, 11) is 0. The van der Waals surface area contributed by atoms with Crippen LogP contribution >= 0.6 is 15.9 Å². The molecule has 1 atom stereocenters. The second kappa shape index (κ2) is 8.30. The third kappa shape index (κ3) is 3.45. The van der Waals surface area contributed by atoms with E-state index in [0.29, 0.717) is 31.1 Å². The molecule has 0 aromatic heterocycles. The van der Waals surface area contributed by atoms with E-state index in [0.717, 1.165) is 34.0 Å². The number of ether oxygens (including phenoxy) is 2. The first-order chi connectivity index (χ1) is 14.5. The lowest BCUT2D eigenvalue weighted by atomic mass is 9.76. The molecule has 1 fully saturated rings. The van der Waals surface area contributed by atoms with Crippen molar-refractivity contribution in [2.45, 2.75) is 45.2 Å². The fourth-order valence-corrected chi connectivity index (χ4v) is 4.81. The van der Waals surface area contributed by atoms with E-state index in [-0.39, 0.29) is 18.5 Å². The molecular weight excluding hydrogens is 448 g/mol. The molecule has 0 saturated carbocycles. The maximum absolute atomic E-state index is 13.5. The second-order valence-corrected chi connectivity index (χ2v) is 8.35. The third-order valence-corrected chi connectivity index (χ3v) is 6.43. The van der Waals surface area contributed by atoms with Crippen LogP contribution in [0.2, 0.25) is 0 Å². The van der Waals surface area contributed by atoms with Crippen molar-refractivity contribution in [3.8, 4) is 11.5 Å². The fraction of sp³-hybridized carbons (Fsp3) is 0.391. The summed E-state index contributed by atoms with van der Waals surface area (Å²) in [4.78, 5) is 27.7. The van der Waals surface area contributed by atoms with Crippen LogP contribution in [0.5, 0.6) is 11.5 Å². The molecule has 30 heavy (non-hydrogen) atoms. The molecule has 7 heteroatoms. The molecular formula is C23H25BrN2O4. The normalized spacial score (nSPS) is 20.3. The van der Waals surface area contributed by atoms with Crippen molar-refractivity contribution in [2.75, 3.05) is 13.2 Å². The molecule has 3 amide bonds. The monoisotopic (exact) mass is 472 g/mol. The Bertz CT molecular complexity index is 993. The summed E-state index contributed by atoms with van der Waals surface area (Å²) in [5, 5.41) is 3.00. The first-order valence-corrected chi connectivity index (χ1v) is 11.1. The summed E-state index contributed by atoms with van der Waals surface area (Å²) in [6.45, 7) is 4.97. The number of halogens is 1. The van der Waals surface area contributed by atoms with Gasteiger partial charge in [-0.2, -0.15) is 0 Å². The Labute approximate surface area is 184 Å². The van der Waals surface area contributed by atoms with Crippen LogP contribution in [0, 0.1) is 0 Å². The van der Waals surface area contributed by atoms with Crippen molar-refractivity contribution in [1.82, 2.24) is 10.2 Å². The molecule has 2 aliphatic rings. The molecule has 0 radical (unpaired) electrons. The Kier molecular flexibility index (Phi) is 5.73. The van der Waals surface area contributed by atoms with Crippen LogP contribution in [0.25, 0.3) is 0 Å². The maximum atomic E-state index is 13.5. The standard InChI is InChI=1S/C23H25BrN2O4/c1-3-29-19-12-16(18(24)13-20(19)30-4-2)14-26-21(27)23(25-22(26)28)11-7-9-15-8-5-6-10-17(15)23/h5-6,8,10,12-13H,3-4,7,9,11,14H2,1-2H3,(H,25,28)/t23-/m0/s1. The summed E-state index contributed by atoms with van der Waals surface area (Å²) < 4.78 is 12.1. The molecule has 4 rings (SSSR count). The van der Waals surface area contributed by atoms with Crippen molar-refractivity contribution in [3.05, 3.63) is 57.6 Å². The van der Waals surface area contributed by atoms with Crippen LogP contribution in [-0.2, 0) is 23.3 Å². The van der Waals surface area contributed by atoms with E-state index in [1.165, 1.54) is 4.90 Å². The molecule has 1 N–H and O–H groups in total. The number of amides is 3. The van der Waals surface area contributed by atoms with E-state index in [1.54, 1.807) is 0 Å². The van der Waals surface area contributed by atoms with Gasteiger partial charge in [0.25, 0.3) is 5.91 Å². The predicted octanol–water partition coefficient (Wildman–Crippen LogP) is 4.53. The Morgan fingerprint density at radius 1 is 1.10 bits per heavy atom. The average Bonchev–Trinajstić information content (AvgIpc) is 2.96. The largest absolute Gasteiger partial charge is 0.490 e. The smallest absolute Gasteiger partial charge is 0.325 e. The minimum absolute atomic E-state index is 0.154. The molecule has 2 aromatic carbocycles. The Morgan fingerprint density at radius 2 is 1.80 bits per heavy atom. The molecule has 1 heterocycles. The molecule has 1 saturated heterocycles. The van der Waals surface area contributed by atoms with Gasteiger partial charge in [-0.1, -0.05) is 40.2 Å². The van der Waals surface area contributed by atoms with Gasteiger partial charge in [0, 0.05) is 4.47 Å². The average molecular weight is 473 g/mol. The molecule has 1 aliphatic carbocycles. The zero-order valence-electron chi connectivity index (χ0n) is 17.2. The molecule has 6 nitrogen and oxygen atoms in total. The van der Waals surface area contributed by atoms with Crippen molar-refractivity contribution in [1.29, 1.82) is 0 Å². The van der Waals surface area contributed by atoms with Crippen LogP contribution in [0.3, 0.4) is 0 Å². The molecule has 0 bridgehead atoms. The Hall–Kier alpha value is -2.54. The van der Waals surface area contributed by atoms with Gasteiger partial charge < -0.3 is 14.8 Å². The number of aryl methyl sites for hydroxylation is 1. The highest BCUT2D eigenvalue weighted by Crippen LogP contribution is 2.41. The minimum Gasteiger partial charge on any atom is -0.490 e. The number of rotatable bonds is 6. The zero-order valence-corrected chi connectivity index (χ0v) is 18.8. The van der Waals surface area contributed by atoms with E-state index in [1.807, 2.05) is 50.2 Å². The lowest BCUT2D eigenvalue weighted by molar-refractivity contribution is -0.132. The molecule has 158 valence electrons. The number of hydrogen-bond donors (Lipinski definition) is 1. The predicted molar refractivity (Wildman–Crippen MR) is 117 cm³/mol. The van der Waals surface area contributed by atoms with Crippen LogP contribution in [-0.4, -0.2) is 30.1 Å². The van der Waals surface area contributed by atoms with Gasteiger partial charge >= 0.3 is 6.03 Å². The fourth-order valence-electron chi connectivity index (χ4n) is 4.36. The van der Waals surface area contributed by atoms with Gasteiger partial charge in [0.15, 0.2) is 11.5 Å². The van der Waals surface area contributed by atoms with Crippen LogP contribution in [0.15, 0.2) is 40.9 Å². The molecule has 1 aliphatic heterocycles. The van der Waals surface area contributed by atoms with Crippen molar-refractivity contribution >= 4 is 27.9 Å². The van der Waals surface area contributed by atoms with Crippen LogP contribution in [0.1, 0.15) is 43.4 Å². The van der Waals surface area contributed by atoms with Crippen molar-refractivity contribution in [3.63, 3.8) is 0 Å². The van der Waals surface area contributed by atoms with Crippen molar-refractivity contribution < 1.29 is 19.1 Å². The van der Waals surface area contributed by atoms with Crippen LogP contribution < -0.4 is 14.8 Å². The van der Waals surface area contributed by atoms with Gasteiger partial charge in [0.1, 0.15) is 5.54 Å². The first-order valence-electron chi connectivity index (χ1n) is 10.3. The molecule has 1 spiro atoms. The Morgan fingerprint density at radius 3 is 2.53 bits per heavy atom. The maximum Gasteiger partial charge on any atom is 0.325 e. The van der Waals surface area contributed by atoms with Crippen molar-refractivity contribution in [2.24, 2.45) is 0 Å². The molecule has 0 unspecified atom stereocenters. The number of carbonyl (C=O) groups excluding carboxylic acids is 2. The highest BCUT2D eigenvalue weighted by molar-refractivity contribution is 9.10. The number of nitrogens with zero attached hydrogens (tertiary/aromatic N) is 1. The van der Waals surface area contributed by atoms with E-state index in [2.05, 4.69) is 21.2 Å². The van der Waals surface area contributed by atoms with E-state index >= 15 is 0 Å². The Balaban J connectivity index is 1.66. The zero-order chi connectivity index (χ0) is 21.3. The first kappa shape index (κ1) is 20.7. The minimum atomic E-state index is -0.966. The SMILES string of the molecule is CCOc1cc(Br)c(CN2C(=O)N[C@]3(CCCc4ccccc43)C2=O)cc1OCC. The number of imide groups is 1. The quantitative estimate of drug-likeness (QED) is 0.627. The number of urea groups is 1. The highest BCUT2D eigenvalue weighted by atomic mass is 79.9. The summed E-state index contributed by atoms with van der Waals surface area (Å²) >= 11 is 3.56. The van der Waals surface area contributed by atoms with Gasteiger partial charge in [0.05, 0.1) is 19.8 Å². The topological polar surface area (TPSA) is 67.9 Å². The van der Waals surface area contributed by atoms with E-state index < -0.39 is 5.54 Å². The second-order valence-electron chi connectivity index (χ2n) is 7.49. The van der Waals surface area contributed by atoms with E-state index in [9.17, 15) is 9.59 Å². The van der Waals surface area contributed by atoms with E-state index in [4.69, 9.17) is 9.47 Å². The third-order valence-electron chi connectivity index (χ3n) is 5.69. The summed E-state index contributed by atoms with van der Waals surface area (Å²) in [5.41, 5.74) is 1.86. The van der Waals surface area contributed by atoms with Gasteiger partial charge in [-0.15, -0.1) is 0 Å². The van der Waals surface area contributed by atoms with Crippen LogP contribution in [0.4, 0.5) is 4.79 Å². The summed E-state index contributed by atoms with van der Waals surface area (Å²) in [6, 6.07) is 11.2. The lowest BCUT2D eigenvalue weighted by Crippen LogP contribution is -2.46. The number of fused-ring (bicyclic) bond motifs is 2. The summed E-state index contributed by atoms with van der Waals surface area (Å²) in [6.07, 6.45) is 2.39. The van der Waals surface area contributed by atoms with Gasteiger partial charge in [-0.05, 0) is 61.9 Å². The summed E-state index contributed by atoms with van der Waals surface area (Å²) in [5.74, 6) is 1.03. The number of nitrogens with one attached hydrogen (secondary N) is 1. The van der Waals surface area contributed by atoms with Gasteiger partial charge in [-0.25, -0.2) is 4.79 Å². The highest BCUT2D eigenvalue weighted by Gasteiger charge is 2.53. The number of benzene rings is 2. The lowest BCUT2D eigenvalue weighted by Gasteiger charge is -2.33.